The summed E-state index contributed by atoms with van der Waals surface area (Å²) in [5.74, 6) is 0.00760. The van der Waals surface area contributed by atoms with Crippen LogP contribution in [0.1, 0.15) is 48.9 Å². The SMILES string of the molecule is O=C(NCCCCCN1CCCCC1)c1ccc(-n2ccnc2)cc1. The van der Waals surface area contributed by atoms with Crippen molar-refractivity contribution in [3.05, 3.63) is 48.5 Å². The lowest BCUT2D eigenvalue weighted by Gasteiger charge is -2.26. The average Bonchev–Trinajstić information content (AvgIpc) is 3.20. The van der Waals surface area contributed by atoms with Gasteiger partial charge in [-0.15, -0.1) is 0 Å². The Morgan fingerprint density at radius 1 is 1.04 bits per heavy atom. The molecule has 1 aromatic carbocycles. The molecule has 5 nitrogen and oxygen atoms in total. The van der Waals surface area contributed by atoms with Gasteiger partial charge in [-0.05, 0) is 69.6 Å². The van der Waals surface area contributed by atoms with Crippen LogP contribution in [0.15, 0.2) is 43.0 Å². The standard InChI is InChI=1S/C20H28N4O/c25-20(18-7-9-19(10-8-18)24-16-12-21-17-24)22-11-3-1-4-13-23-14-5-2-6-15-23/h7-10,12,16-17H,1-6,11,13-15H2,(H,22,25). The van der Waals surface area contributed by atoms with E-state index in [1.165, 1.54) is 51.7 Å². The van der Waals surface area contributed by atoms with Crippen LogP contribution in [0.4, 0.5) is 0 Å². The highest BCUT2D eigenvalue weighted by molar-refractivity contribution is 5.94. The number of hydrogen-bond donors (Lipinski definition) is 1. The molecule has 1 aliphatic heterocycles. The predicted molar refractivity (Wildman–Crippen MR) is 100 cm³/mol. The van der Waals surface area contributed by atoms with E-state index in [-0.39, 0.29) is 5.91 Å². The topological polar surface area (TPSA) is 50.2 Å². The van der Waals surface area contributed by atoms with E-state index in [1.807, 2.05) is 35.0 Å². The van der Waals surface area contributed by atoms with Gasteiger partial charge >= 0.3 is 0 Å². The third-order valence-corrected chi connectivity index (χ3v) is 4.82. The average molecular weight is 340 g/mol. The number of nitrogens with zero attached hydrogens (tertiary/aromatic N) is 3. The minimum Gasteiger partial charge on any atom is -0.352 e. The normalized spacial score (nSPS) is 15.2. The zero-order valence-corrected chi connectivity index (χ0v) is 14.9. The monoisotopic (exact) mass is 340 g/mol. The Hall–Kier alpha value is -2.14. The molecule has 0 atom stereocenters. The van der Waals surface area contributed by atoms with Gasteiger partial charge in [0.05, 0.1) is 6.33 Å². The zero-order valence-electron chi connectivity index (χ0n) is 14.9. The van der Waals surface area contributed by atoms with Crippen LogP contribution in [-0.2, 0) is 0 Å². The maximum atomic E-state index is 12.2. The Balaban J connectivity index is 1.32. The van der Waals surface area contributed by atoms with Crippen LogP contribution in [0.25, 0.3) is 5.69 Å². The molecular formula is C20H28N4O. The van der Waals surface area contributed by atoms with Crippen LogP contribution in [-0.4, -0.2) is 46.5 Å². The van der Waals surface area contributed by atoms with Gasteiger partial charge in [0.15, 0.2) is 0 Å². The van der Waals surface area contributed by atoms with Crippen molar-refractivity contribution in [1.29, 1.82) is 0 Å². The molecule has 0 radical (unpaired) electrons. The summed E-state index contributed by atoms with van der Waals surface area (Å²) in [5, 5.41) is 3.02. The van der Waals surface area contributed by atoms with Crippen LogP contribution in [0.3, 0.4) is 0 Å². The highest BCUT2D eigenvalue weighted by Gasteiger charge is 2.09. The third kappa shape index (κ3) is 5.43. The van der Waals surface area contributed by atoms with Gasteiger partial charge in [0, 0.05) is 30.2 Å². The summed E-state index contributed by atoms with van der Waals surface area (Å²) in [6.07, 6.45) is 12.9. The van der Waals surface area contributed by atoms with Crippen molar-refractivity contribution in [2.75, 3.05) is 26.2 Å². The lowest BCUT2D eigenvalue weighted by molar-refractivity contribution is 0.0953. The molecule has 5 heteroatoms. The summed E-state index contributed by atoms with van der Waals surface area (Å²) in [5.41, 5.74) is 1.71. The van der Waals surface area contributed by atoms with Crippen molar-refractivity contribution >= 4 is 5.91 Å². The number of unbranched alkanes of at least 4 members (excludes halogenated alkanes) is 2. The lowest BCUT2D eigenvalue weighted by atomic mass is 10.1. The molecule has 0 unspecified atom stereocenters. The molecule has 25 heavy (non-hydrogen) atoms. The molecule has 1 aliphatic rings. The van der Waals surface area contributed by atoms with E-state index in [0.717, 1.165) is 18.7 Å². The first-order valence-corrected chi connectivity index (χ1v) is 9.42. The molecule has 1 fully saturated rings. The highest BCUT2D eigenvalue weighted by atomic mass is 16.1. The number of benzene rings is 1. The molecule has 0 bridgehead atoms. The Kier molecular flexibility index (Phi) is 6.63. The quantitative estimate of drug-likeness (QED) is 0.751. The number of carbonyl (C=O) groups excluding carboxylic acids is 1. The van der Waals surface area contributed by atoms with E-state index < -0.39 is 0 Å². The number of rotatable bonds is 8. The van der Waals surface area contributed by atoms with Crippen molar-refractivity contribution in [1.82, 2.24) is 19.8 Å². The summed E-state index contributed by atoms with van der Waals surface area (Å²) in [7, 11) is 0. The molecule has 1 amide bonds. The summed E-state index contributed by atoms with van der Waals surface area (Å²) in [4.78, 5) is 18.8. The fraction of sp³-hybridized carbons (Fsp3) is 0.500. The summed E-state index contributed by atoms with van der Waals surface area (Å²) >= 11 is 0. The van der Waals surface area contributed by atoms with Gasteiger partial charge in [0.25, 0.3) is 5.91 Å². The number of likely N-dealkylation sites (tertiary alicyclic amines) is 1. The second kappa shape index (κ2) is 9.37. The van der Waals surface area contributed by atoms with E-state index in [4.69, 9.17) is 0 Å². The first-order valence-electron chi connectivity index (χ1n) is 9.42. The maximum Gasteiger partial charge on any atom is 0.251 e. The Bertz CT molecular complexity index is 630. The van der Waals surface area contributed by atoms with Gasteiger partial charge in [0.1, 0.15) is 0 Å². The van der Waals surface area contributed by atoms with E-state index in [0.29, 0.717) is 5.56 Å². The number of piperidine rings is 1. The molecule has 1 saturated heterocycles. The molecule has 1 N–H and O–H groups in total. The summed E-state index contributed by atoms with van der Waals surface area (Å²) in [6.45, 7) is 4.50. The Morgan fingerprint density at radius 3 is 2.56 bits per heavy atom. The molecule has 0 saturated carbocycles. The van der Waals surface area contributed by atoms with Gasteiger partial charge < -0.3 is 14.8 Å². The molecule has 0 spiro atoms. The van der Waals surface area contributed by atoms with Crippen LogP contribution in [0.5, 0.6) is 0 Å². The van der Waals surface area contributed by atoms with E-state index >= 15 is 0 Å². The molecule has 1 aromatic heterocycles. The van der Waals surface area contributed by atoms with Crippen LogP contribution >= 0.6 is 0 Å². The van der Waals surface area contributed by atoms with Crippen LogP contribution in [0.2, 0.25) is 0 Å². The van der Waals surface area contributed by atoms with Crippen LogP contribution < -0.4 is 5.32 Å². The van der Waals surface area contributed by atoms with Crippen molar-refractivity contribution in [3.8, 4) is 5.69 Å². The fourth-order valence-electron chi connectivity index (χ4n) is 3.32. The number of carbonyl (C=O) groups is 1. The number of aromatic nitrogens is 2. The number of amides is 1. The van der Waals surface area contributed by atoms with Crippen molar-refractivity contribution in [2.45, 2.75) is 38.5 Å². The van der Waals surface area contributed by atoms with Gasteiger partial charge in [-0.2, -0.15) is 0 Å². The molecule has 3 rings (SSSR count). The van der Waals surface area contributed by atoms with Crippen LogP contribution in [0, 0.1) is 0 Å². The second-order valence-electron chi connectivity index (χ2n) is 6.74. The summed E-state index contributed by atoms with van der Waals surface area (Å²) < 4.78 is 1.92. The molecule has 2 aromatic rings. The Morgan fingerprint density at radius 2 is 1.84 bits per heavy atom. The maximum absolute atomic E-state index is 12.2. The molecular weight excluding hydrogens is 312 g/mol. The van der Waals surface area contributed by atoms with Gasteiger partial charge in [-0.3, -0.25) is 4.79 Å². The van der Waals surface area contributed by atoms with Gasteiger partial charge in [-0.25, -0.2) is 4.98 Å². The van der Waals surface area contributed by atoms with Gasteiger partial charge in [-0.1, -0.05) is 12.8 Å². The van der Waals surface area contributed by atoms with E-state index in [1.54, 1.807) is 12.5 Å². The molecule has 134 valence electrons. The molecule has 2 heterocycles. The third-order valence-electron chi connectivity index (χ3n) is 4.82. The van der Waals surface area contributed by atoms with Crippen molar-refractivity contribution < 1.29 is 4.79 Å². The minimum absolute atomic E-state index is 0.00760. The van der Waals surface area contributed by atoms with Gasteiger partial charge in [0.2, 0.25) is 0 Å². The second-order valence-corrected chi connectivity index (χ2v) is 6.74. The number of imidazole rings is 1. The fourth-order valence-corrected chi connectivity index (χ4v) is 3.32. The Labute approximate surface area is 150 Å². The minimum atomic E-state index is 0.00760. The first kappa shape index (κ1) is 17.7. The largest absolute Gasteiger partial charge is 0.352 e. The van der Waals surface area contributed by atoms with Crippen molar-refractivity contribution in [2.24, 2.45) is 0 Å². The number of nitrogens with one attached hydrogen (secondary N) is 1. The smallest absolute Gasteiger partial charge is 0.251 e. The summed E-state index contributed by atoms with van der Waals surface area (Å²) in [6, 6.07) is 7.60. The van der Waals surface area contributed by atoms with E-state index in [2.05, 4.69) is 15.2 Å². The van der Waals surface area contributed by atoms with E-state index in [9.17, 15) is 4.79 Å². The molecule has 0 aliphatic carbocycles. The van der Waals surface area contributed by atoms with Crippen molar-refractivity contribution in [3.63, 3.8) is 0 Å². The number of hydrogen-bond acceptors (Lipinski definition) is 3. The highest BCUT2D eigenvalue weighted by Crippen LogP contribution is 2.11. The first-order chi connectivity index (χ1) is 12.3. The lowest BCUT2D eigenvalue weighted by Crippen LogP contribution is -2.30. The zero-order chi connectivity index (χ0) is 17.3. The predicted octanol–water partition coefficient (Wildman–Crippen LogP) is 3.26.